The zero-order valence-electron chi connectivity index (χ0n) is 11.8. The summed E-state index contributed by atoms with van der Waals surface area (Å²) in [6.45, 7) is 3.63. The molecule has 1 saturated heterocycles. The SMILES string of the molecule is N#CCCC[NH+]1CCN(S(=O)(=O)c2cccc(Br)c2)CC1. The summed E-state index contributed by atoms with van der Waals surface area (Å²) in [7, 11) is -3.40. The fraction of sp³-hybridized carbons (Fsp3) is 0.500. The van der Waals surface area contributed by atoms with E-state index in [-0.39, 0.29) is 0 Å². The van der Waals surface area contributed by atoms with Crippen LogP contribution in [0.1, 0.15) is 12.8 Å². The number of benzene rings is 1. The van der Waals surface area contributed by atoms with Gasteiger partial charge in [0, 0.05) is 17.3 Å². The standard InChI is InChI=1S/C14H18BrN3O2S/c15-13-4-3-5-14(12-13)21(19,20)18-10-8-17(9-11-18)7-2-1-6-16/h3-5,12H,1-2,7-11H2/p+1. The highest BCUT2D eigenvalue weighted by atomic mass is 79.9. The molecule has 0 amide bonds. The Labute approximate surface area is 134 Å². The van der Waals surface area contributed by atoms with E-state index in [0.717, 1.165) is 30.5 Å². The third-order valence-electron chi connectivity index (χ3n) is 3.68. The minimum atomic E-state index is -3.40. The van der Waals surface area contributed by atoms with E-state index in [1.165, 1.54) is 4.90 Å². The van der Waals surface area contributed by atoms with Gasteiger partial charge >= 0.3 is 0 Å². The van der Waals surface area contributed by atoms with Gasteiger partial charge in [-0.25, -0.2) is 8.42 Å². The third-order valence-corrected chi connectivity index (χ3v) is 6.07. The van der Waals surface area contributed by atoms with Crippen molar-refractivity contribution in [2.24, 2.45) is 0 Å². The van der Waals surface area contributed by atoms with E-state index < -0.39 is 10.0 Å². The number of hydrogen-bond acceptors (Lipinski definition) is 3. The zero-order valence-corrected chi connectivity index (χ0v) is 14.2. The number of nitriles is 1. The van der Waals surface area contributed by atoms with Crippen LogP contribution in [0.5, 0.6) is 0 Å². The molecule has 1 aromatic rings. The average Bonchev–Trinajstić information content (AvgIpc) is 2.48. The number of sulfonamides is 1. The summed E-state index contributed by atoms with van der Waals surface area (Å²) in [6, 6.07) is 8.97. The fourth-order valence-corrected chi connectivity index (χ4v) is 4.53. The van der Waals surface area contributed by atoms with E-state index in [0.29, 0.717) is 24.4 Å². The maximum absolute atomic E-state index is 12.6. The highest BCUT2D eigenvalue weighted by molar-refractivity contribution is 9.10. The molecule has 0 aromatic heterocycles. The first kappa shape index (κ1) is 16.4. The topological polar surface area (TPSA) is 65.6 Å². The molecule has 0 atom stereocenters. The number of unbranched alkanes of at least 4 members (excludes halogenated alkanes) is 1. The molecule has 1 aliphatic rings. The van der Waals surface area contributed by atoms with E-state index in [4.69, 9.17) is 5.26 Å². The first-order valence-electron chi connectivity index (χ1n) is 7.00. The molecule has 21 heavy (non-hydrogen) atoms. The van der Waals surface area contributed by atoms with Gasteiger partial charge in [0.25, 0.3) is 0 Å². The minimum absolute atomic E-state index is 0.338. The monoisotopic (exact) mass is 372 g/mol. The summed E-state index contributed by atoms with van der Waals surface area (Å²) in [5, 5.41) is 8.54. The summed E-state index contributed by atoms with van der Waals surface area (Å²) in [6.07, 6.45) is 1.45. The van der Waals surface area contributed by atoms with Gasteiger partial charge < -0.3 is 4.90 Å². The lowest BCUT2D eigenvalue weighted by atomic mass is 10.3. The van der Waals surface area contributed by atoms with Crippen molar-refractivity contribution in [3.05, 3.63) is 28.7 Å². The van der Waals surface area contributed by atoms with Gasteiger partial charge in [-0.1, -0.05) is 22.0 Å². The first-order valence-corrected chi connectivity index (χ1v) is 9.23. The molecule has 1 aromatic carbocycles. The number of nitrogens with one attached hydrogen (secondary N) is 1. The molecule has 0 saturated carbocycles. The van der Waals surface area contributed by atoms with Crippen LogP contribution in [0.15, 0.2) is 33.6 Å². The summed E-state index contributed by atoms with van der Waals surface area (Å²) in [4.78, 5) is 1.72. The van der Waals surface area contributed by atoms with Crippen LogP contribution in [-0.2, 0) is 10.0 Å². The lowest BCUT2D eigenvalue weighted by molar-refractivity contribution is -0.903. The van der Waals surface area contributed by atoms with Crippen LogP contribution in [0.25, 0.3) is 0 Å². The number of nitrogens with zero attached hydrogens (tertiary/aromatic N) is 2. The molecule has 0 aliphatic carbocycles. The maximum atomic E-state index is 12.6. The maximum Gasteiger partial charge on any atom is 0.243 e. The first-order chi connectivity index (χ1) is 10.0. The molecule has 7 heteroatoms. The normalized spacial score (nSPS) is 17.5. The Hall–Kier alpha value is -0.940. The molecule has 0 bridgehead atoms. The van der Waals surface area contributed by atoms with Crippen molar-refractivity contribution in [2.45, 2.75) is 17.7 Å². The highest BCUT2D eigenvalue weighted by Gasteiger charge is 2.30. The Bertz CT molecular complexity index is 619. The van der Waals surface area contributed by atoms with Crippen LogP contribution < -0.4 is 4.90 Å². The molecule has 0 spiro atoms. The van der Waals surface area contributed by atoms with Crippen LogP contribution in [-0.4, -0.2) is 45.4 Å². The van der Waals surface area contributed by atoms with Gasteiger partial charge in [-0.15, -0.1) is 0 Å². The van der Waals surface area contributed by atoms with Crippen LogP contribution in [0, 0.1) is 11.3 Å². The van der Waals surface area contributed by atoms with Crippen molar-refractivity contribution in [3.63, 3.8) is 0 Å². The van der Waals surface area contributed by atoms with Crippen LogP contribution in [0.3, 0.4) is 0 Å². The average molecular weight is 373 g/mol. The molecular formula is C14H19BrN3O2S+. The Balaban J connectivity index is 1.97. The lowest BCUT2D eigenvalue weighted by Crippen LogP contribution is -3.14. The van der Waals surface area contributed by atoms with Crippen LogP contribution in [0.4, 0.5) is 0 Å². The molecule has 0 radical (unpaired) electrons. The summed E-state index contributed by atoms with van der Waals surface area (Å²) < 4.78 is 27.4. The predicted molar refractivity (Wildman–Crippen MR) is 83.3 cm³/mol. The van der Waals surface area contributed by atoms with Gasteiger partial charge in [-0.2, -0.15) is 9.57 Å². The second-order valence-corrected chi connectivity index (χ2v) is 7.98. The van der Waals surface area contributed by atoms with Crippen LogP contribution >= 0.6 is 15.9 Å². The number of halogens is 1. The summed E-state index contributed by atoms with van der Waals surface area (Å²) in [5.74, 6) is 0. The number of quaternary nitrogens is 1. The minimum Gasteiger partial charge on any atom is -0.333 e. The van der Waals surface area contributed by atoms with Crippen molar-refractivity contribution in [3.8, 4) is 6.07 Å². The molecule has 1 aliphatic heterocycles. The van der Waals surface area contributed by atoms with Gasteiger partial charge in [0.15, 0.2) is 0 Å². The Morgan fingerprint density at radius 3 is 2.67 bits per heavy atom. The predicted octanol–water partition coefficient (Wildman–Crippen LogP) is 0.642. The molecule has 114 valence electrons. The molecule has 1 fully saturated rings. The van der Waals surface area contributed by atoms with Gasteiger partial charge in [0.2, 0.25) is 10.0 Å². The number of hydrogen-bond donors (Lipinski definition) is 1. The van der Waals surface area contributed by atoms with E-state index in [9.17, 15) is 8.42 Å². The molecule has 5 nitrogen and oxygen atoms in total. The molecule has 1 heterocycles. The molecule has 2 rings (SSSR count). The smallest absolute Gasteiger partial charge is 0.243 e. The molecule has 1 N–H and O–H groups in total. The van der Waals surface area contributed by atoms with Gasteiger partial charge in [0.1, 0.15) is 0 Å². The summed E-state index contributed by atoms with van der Waals surface area (Å²) >= 11 is 3.31. The Morgan fingerprint density at radius 1 is 1.33 bits per heavy atom. The molecular weight excluding hydrogens is 354 g/mol. The second-order valence-electron chi connectivity index (χ2n) is 5.12. The zero-order chi connectivity index (χ0) is 15.3. The lowest BCUT2D eigenvalue weighted by Gasteiger charge is -2.31. The van der Waals surface area contributed by atoms with E-state index in [1.54, 1.807) is 22.5 Å². The largest absolute Gasteiger partial charge is 0.333 e. The van der Waals surface area contributed by atoms with E-state index in [1.807, 2.05) is 6.07 Å². The van der Waals surface area contributed by atoms with Gasteiger partial charge in [0.05, 0.1) is 43.7 Å². The second kappa shape index (κ2) is 7.36. The van der Waals surface area contributed by atoms with Crippen molar-refractivity contribution in [2.75, 3.05) is 32.7 Å². The van der Waals surface area contributed by atoms with Crippen molar-refractivity contribution in [1.29, 1.82) is 5.26 Å². The van der Waals surface area contributed by atoms with Crippen molar-refractivity contribution < 1.29 is 13.3 Å². The van der Waals surface area contributed by atoms with Gasteiger partial charge in [-0.05, 0) is 18.2 Å². The number of rotatable bonds is 5. The molecule has 0 unspecified atom stereocenters. The van der Waals surface area contributed by atoms with E-state index in [2.05, 4.69) is 22.0 Å². The highest BCUT2D eigenvalue weighted by Crippen LogP contribution is 2.19. The van der Waals surface area contributed by atoms with Crippen LogP contribution in [0.2, 0.25) is 0 Å². The van der Waals surface area contributed by atoms with E-state index >= 15 is 0 Å². The quantitative estimate of drug-likeness (QED) is 0.771. The van der Waals surface area contributed by atoms with Crippen molar-refractivity contribution >= 4 is 26.0 Å². The Kier molecular flexibility index (Phi) is 5.76. The van der Waals surface area contributed by atoms with Gasteiger partial charge in [-0.3, -0.25) is 0 Å². The Morgan fingerprint density at radius 2 is 2.05 bits per heavy atom. The number of piperazine rings is 1. The van der Waals surface area contributed by atoms with Crippen molar-refractivity contribution in [1.82, 2.24) is 4.31 Å². The summed E-state index contributed by atoms with van der Waals surface area (Å²) in [5.41, 5.74) is 0. The third kappa shape index (κ3) is 4.27. The fourth-order valence-electron chi connectivity index (χ4n) is 2.49.